The van der Waals surface area contributed by atoms with Crippen molar-refractivity contribution in [1.29, 1.82) is 0 Å². The fourth-order valence-corrected chi connectivity index (χ4v) is 2.18. The first-order chi connectivity index (χ1) is 4.88. The van der Waals surface area contributed by atoms with Crippen molar-refractivity contribution in [2.75, 3.05) is 7.11 Å². The maximum atomic E-state index is 5.06. The number of methoxy groups -OCH3 is 1. The first-order valence-corrected chi connectivity index (χ1v) is 6.41. The summed E-state index contributed by atoms with van der Waals surface area (Å²) < 4.78 is 6.34. The molecule has 0 spiro atoms. The molecule has 0 saturated carbocycles. The molecule has 0 aromatic carbocycles. The fraction of sp³-hybridized carbons (Fsp3) is 0.286. The summed E-state index contributed by atoms with van der Waals surface area (Å²) in [5.74, 6) is 0.799. The van der Waals surface area contributed by atoms with Crippen LogP contribution in [0.1, 0.15) is 0 Å². The molecule has 0 radical (unpaired) electrons. The van der Waals surface area contributed by atoms with Crippen LogP contribution in [0.3, 0.4) is 0 Å². The molecule has 0 fully saturated rings. The van der Waals surface area contributed by atoms with Gasteiger partial charge in [-0.2, -0.15) is 0 Å². The van der Waals surface area contributed by atoms with Crippen LogP contribution in [0.25, 0.3) is 0 Å². The Morgan fingerprint density at radius 1 is 1.60 bits per heavy atom. The molecule has 2 nitrogen and oxygen atoms in total. The zero-order valence-electron chi connectivity index (χ0n) is 6.00. The second-order valence-corrected chi connectivity index (χ2v) is 4.14. The standard InChI is InChI=1S/C7H9NOTe/c1-9-7-6(10-2)4-3-5-8-7/h3-5H,1-2H3. The average molecular weight is 251 g/mol. The second kappa shape index (κ2) is 3.80. The molecule has 1 aromatic rings. The molecule has 0 atom stereocenters. The zero-order chi connectivity index (χ0) is 7.40. The van der Waals surface area contributed by atoms with Gasteiger partial charge in [0.2, 0.25) is 0 Å². The van der Waals surface area contributed by atoms with E-state index in [-0.39, 0.29) is 20.9 Å². The van der Waals surface area contributed by atoms with Gasteiger partial charge in [0.05, 0.1) is 0 Å². The third kappa shape index (κ3) is 1.62. The summed E-state index contributed by atoms with van der Waals surface area (Å²) >= 11 is -0.0654. The van der Waals surface area contributed by atoms with Crippen LogP contribution in [0.5, 0.6) is 5.88 Å². The zero-order valence-corrected chi connectivity index (χ0v) is 8.33. The van der Waals surface area contributed by atoms with Gasteiger partial charge in [-0.1, -0.05) is 0 Å². The Morgan fingerprint density at radius 3 is 2.90 bits per heavy atom. The van der Waals surface area contributed by atoms with E-state index in [4.69, 9.17) is 4.74 Å². The van der Waals surface area contributed by atoms with Crippen molar-refractivity contribution < 1.29 is 4.74 Å². The van der Waals surface area contributed by atoms with Gasteiger partial charge in [0, 0.05) is 0 Å². The van der Waals surface area contributed by atoms with Gasteiger partial charge in [-0.25, -0.2) is 0 Å². The van der Waals surface area contributed by atoms with E-state index in [1.54, 1.807) is 13.3 Å². The molecule has 0 aliphatic carbocycles. The van der Waals surface area contributed by atoms with Crippen LogP contribution in [0, 0.1) is 0 Å². The summed E-state index contributed by atoms with van der Waals surface area (Å²) in [6.07, 6.45) is 1.75. The number of hydrogen-bond acceptors (Lipinski definition) is 2. The van der Waals surface area contributed by atoms with Crippen molar-refractivity contribution in [2.24, 2.45) is 0 Å². The normalized spacial score (nSPS) is 9.40. The van der Waals surface area contributed by atoms with Crippen molar-refractivity contribution in [3.63, 3.8) is 0 Å². The van der Waals surface area contributed by atoms with Crippen LogP contribution in [-0.2, 0) is 0 Å². The Balaban J connectivity index is 2.96. The van der Waals surface area contributed by atoms with E-state index in [0.29, 0.717) is 0 Å². The van der Waals surface area contributed by atoms with Crippen LogP contribution in [0.15, 0.2) is 18.3 Å². The maximum absolute atomic E-state index is 5.06. The van der Waals surface area contributed by atoms with Crippen molar-refractivity contribution in [3.05, 3.63) is 18.3 Å². The number of nitrogens with zero attached hydrogens (tertiary/aromatic N) is 1. The summed E-state index contributed by atoms with van der Waals surface area (Å²) in [6, 6.07) is 4.03. The van der Waals surface area contributed by atoms with E-state index in [9.17, 15) is 0 Å². The van der Waals surface area contributed by atoms with Crippen LogP contribution < -0.4 is 8.35 Å². The van der Waals surface area contributed by atoms with Gasteiger partial charge in [-0.15, -0.1) is 0 Å². The quantitative estimate of drug-likeness (QED) is 0.712. The average Bonchev–Trinajstić information content (AvgIpc) is 2.04. The molecule has 1 heterocycles. The van der Waals surface area contributed by atoms with Gasteiger partial charge in [0.25, 0.3) is 0 Å². The number of hydrogen-bond donors (Lipinski definition) is 0. The Hall–Kier alpha value is -0.260. The van der Waals surface area contributed by atoms with Gasteiger partial charge in [0.1, 0.15) is 0 Å². The predicted molar refractivity (Wildman–Crippen MR) is 42.0 cm³/mol. The topological polar surface area (TPSA) is 22.1 Å². The molecular formula is C7H9NOTe. The van der Waals surface area contributed by atoms with E-state index >= 15 is 0 Å². The third-order valence-electron chi connectivity index (χ3n) is 1.15. The van der Waals surface area contributed by atoms with Gasteiger partial charge in [0.15, 0.2) is 0 Å². The van der Waals surface area contributed by atoms with Crippen molar-refractivity contribution >= 4 is 24.5 Å². The number of aromatic nitrogens is 1. The molecule has 3 heteroatoms. The van der Waals surface area contributed by atoms with Gasteiger partial charge < -0.3 is 0 Å². The molecule has 1 rings (SSSR count). The second-order valence-electron chi connectivity index (χ2n) is 1.71. The minimum atomic E-state index is -0.0654. The molecule has 0 amide bonds. The van der Waals surface area contributed by atoms with E-state index in [2.05, 4.69) is 16.0 Å². The monoisotopic (exact) mass is 253 g/mol. The van der Waals surface area contributed by atoms with Crippen molar-refractivity contribution in [3.8, 4) is 5.88 Å². The Kier molecular flexibility index (Phi) is 2.98. The fourth-order valence-electron chi connectivity index (χ4n) is 0.685. The Morgan fingerprint density at radius 2 is 2.40 bits per heavy atom. The summed E-state index contributed by atoms with van der Waals surface area (Å²) in [5.41, 5.74) is 0. The van der Waals surface area contributed by atoms with E-state index < -0.39 is 0 Å². The van der Waals surface area contributed by atoms with Crippen molar-refractivity contribution in [2.45, 2.75) is 4.97 Å². The number of rotatable bonds is 2. The van der Waals surface area contributed by atoms with E-state index in [1.165, 1.54) is 3.61 Å². The van der Waals surface area contributed by atoms with E-state index in [0.717, 1.165) is 5.88 Å². The Labute approximate surface area is 70.7 Å². The SMILES string of the molecule is COc1ncccc1[Te]C. The summed E-state index contributed by atoms with van der Waals surface area (Å²) in [4.78, 5) is 6.29. The molecule has 0 aliphatic rings. The molecular weight excluding hydrogens is 242 g/mol. The van der Waals surface area contributed by atoms with Gasteiger partial charge in [-0.3, -0.25) is 0 Å². The summed E-state index contributed by atoms with van der Waals surface area (Å²) in [6.45, 7) is 0. The van der Waals surface area contributed by atoms with E-state index in [1.807, 2.05) is 6.07 Å². The van der Waals surface area contributed by atoms with Gasteiger partial charge in [-0.05, 0) is 0 Å². The molecule has 10 heavy (non-hydrogen) atoms. The molecule has 1 aromatic heterocycles. The Bertz CT molecular complexity index is 192. The summed E-state index contributed by atoms with van der Waals surface area (Å²) in [7, 11) is 1.66. The predicted octanol–water partition coefficient (Wildman–Crippen LogP) is 0.468. The summed E-state index contributed by atoms with van der Waals surface area (Å²) in [5, 5.41) is 0. The van der Waals surface area contributed by atoms with Crippen molar-refractivity contribution in [1.82, 2.24) is 4.98 Å². The molecule has 54 valence electrons. The molecule has 0 aliphatic heterocycles. The third-order valence-corrected chi connectivity index (χ3v) is 3.29. The minimum absolute atomic E-state index is 0.0654. The molecule has 0 saturated heterocycles. The molecule has 0 bridgehead atoms. The van der Waals surface area contributed by atoms with Crippen LogP contribution in [-0.4, -0.2) is 33.0 Å². The molecule has 0 N–H and O–H groups in total. The number of pyridine rings is 1. The number of ether oxygens (including phenoxy) is 1. The van der Waals surface area contributed by atoms with Crippen LogP contribution in [0.4, 0.5) is 0 Å². The van der Waals surface area contributed by atoms with Crippen LogP contribution in [0.2, 0.25) is 4.97 Å². The first kappa shape index (κ1) is 7.84. The molecule has 0 unspecified atom stereocenters. The first-order valence-electron chi connectivity index (χ1n) is 2.91. The van der Waals surface area contributed by atoms with Gasteiger partial charge >= 0.3 is 70.5 Å². The van der Waals surface area contributed by atoms with Crippen LogP contribution >= 0.6 is 0 Å².